The molecule has 0 spiro atoms. The van der Waals surface area contributed by atoms with E-state index in [-0.39, 0.29) is 24.2 Å². The summed E-state index contributed by atoms with van der Waals surface area (Å²) in [5.74, 6) is -0.659. The lowest BCUT2D eigenvalue weighted by Gasteiger charge is -2.21. The number of esters is 1. The molecule has 0 aromatic rings. The van der Waals surface area contributed by atoms with E-state index in [9.17, 15) is 9.59 Å². The Labute approximate surface area is 77.6 Å². The lowest BCUT2D eigenvalue weighted by atomic mass is 10.1. The van der Waals surface area contributed by atoms with Crippen LogP contribution in [0.1, 0.15) is 27.2 Å². The van der Waals surface area contributed by atoms with Gasteiger partial charge in [0.15, 0.2) is 0 Å². The Morgan fingerprint density at radius 3 is 2.54 bits per heavy atom. The van der Waals surface area contributed by atoms with Crippen molar-refractivity contribution in [2.24, 2.45) is 5.92 Å². The van der Waals surface area contributed by atoms with E-state index >= 15 is 0 Å². The smallest absolute Gasteiger partial charge is 0.311 e. The van der Waals surface area contributed by atoms with Crippen molar-refractivity contribution in [3.63, 3.8) is 0 Å². The molecule has 1 heterocycles. The lowest BCUT2D eigenvalue weighted by molar-refractivity contribution is -0.159. The van der Waals surface area contributed by atoms with Gasteiger partial charge >= 0.3 is 5.97 Å². The predicted molar refractivity (Wildman–Crippen MR) is 47.0 cm³/mol. The first-order valence-electron chi connectivity index (χ1n) is 4.38. The Hall–Kier alpha value is -1.06. The molecule has 1 atom stereocenters. The summed E-state index contributed by atoms with van der Waals surface area (Å²) in [5, 5.41) is 2.60. The number of ether oxygens (including phenoxy) is 1. The normalized spacial score (nSPS) is 22.7. The van der Waals surface area contributed by atoms with Gasteiger partial charge in [-0.05, 0) is 20.8 Å². The van der Waals surface area contributed by atoms with E-state index in [1.165, 1.54) is 0 Å². The van der Waals surface area contributed by atoms with Gasteiger partial charge in [0.2, 0.25) is 5.91 Å². The summed E-state index contributed by atoms with van der Waals surface area (Å²) in [6.45, 7) is 5.85. The Morgan fingerprint density at radius 2 is 2.15 bits per heavy atom. The van der Waals surface area contributed by atoms with Crippen LogP contribution in [0.5, 0.6) is 0 Å². The molecule has 1 fully saturated rings. The van der Waals surface area contributed by atoms with E-state index in [1.807, 2.05) is 20.8 Å². The summed E-state index contributed by atoms with van der Waals surface area (Å²) in [5.41, 5.74) is -0.470. The Kier molecular flexibility index (Phi) is 2.59. The zero-order valence-electron chi connectivity index (χ0n) is 8.22. The van der Waals surface area contributed by atoms with Crippen molar-refractivity contribution < 1.29 is 14.3 Å². The monoisotopic (exact) mass is 185 g/mol. The van der Waals surface area contributed by atoms with Crippen molar-refractivity contribution in [2.75, 3.05) is 6.54 Å². The van der Waals surface area contributed by atoms with Crippen molar-refractivity contribution in [3.8, 4) is 0 Å². The molecule has 0 aromatic heterocycles. The molecule has 1 rings (SSSR count). The van der Waals surface area contributed by atoms with Crippen molar-refractivity contribution in [2.45, 2.75) is 32.8 Å². The molecule has 1 saturated heterocycles. The molecule has 0 aromatic carbocycles. The zero-order chi connectivity index (χ0) is 10.1. The number of rotatable bonds is 1. The summed E-state index contributed by atoms with van der Waals surface area (Å²) in [6, 6.07) is 0. The van der Waals surface area contributed by atoms with E-state index in [0.29, 0.717) is 6.54 Å². The fourth-order valence-corrected chi connectivity index (χ4v) is 1.16. The number of carbonyl (C=O) groups is 2. The fraction of sp³-hybridized carbons (Fsp3) is 0.778. The second kappa shape index (κ2) is 3.36. The van der Waals surface area contributed by atoms with Gasteiger partial charge < -0.3 is 10.1 Å². The van der Waals surface area contributed by atoms with Gasteiger partial charge in [-0.15, -0.1) is 0 Å². The van der Waals surface area contributed by atoms with Crippen molar-refractivity contribution in [1.29, 1.82) is 0 Å². The van der Waals surface area contributed by atoms with Crippen LogP contribution in [0.15, 0.2) is 0 Å². The molecule has 0 bridgehead atoms. The highest BCUT2D eigenvalue weighted by molar-refractivity contribution is 5.86. The van der Waals surface area contributed by atoms with E-state index < -0.39 is 5.60 Å². The molecule has 74 valence electrons. The summed E-state index contributed by atoms with van der Waals surface area (Å²) in [4.78, 5) is 22.2. The second-order valence-corrected chi connectivity index (χ2v) is 4.24. The molecule has 4 nitrogen and oxygen atoms in total. The van der Waals surface area contributed by atoms with Crippen LogP contribution in [-0.2, 0) is 14.3 Å². The number of carbonyl (C=O) groups excluding carboxylic acids is 2. The third kappa shape index (κ3) is 3.05. The standard InChI is InChI=1S/C9H15NO3/c1-9(2,3)13-8(12)6-4-7(11)10-5-6/h6H,4-5H2,1-3H3,(H,10,11)/t6-/m1/s1. The molecule has 13 heavy (non-hydrogen) atoms. The highest BCUT2D eigenvalue weighted by Gasteiger charge is 2.31. The first kappa shape index (κ1) is 10.0. The highest BCUT2D eigenvalue weighted by atomic mass is 16.6. The maximum absolute atomic E-state index is 11.4. The molecule has 1 aliphatic heterocycles. The van der Waals surface area contributed by atoms with Crippen LogP contribution in [-0.4, -0.2) is 24.0 Å². The summed E-state index contributed by atoms with van der Waals surface area (Å²) in [7, 11) is 0. The number of nitrogens with one attached hydrogen (secondary N) is 1. The Bertz CT molecular complexity index is 230. The molecule has 4 heteroatoms. The topological polar surface area (TPSA) is 55.4 Å². The van der Waals surface area contributed by atoms with Gasteiger partial charge in [0.1, 0.15) is 5.60 Å². The van der Waals surface area contributed by atoms with Crippen LogP contribution in [0.25, 0.3) is 0 Å². The van der Waals surface area contributed by atoms with Gasteiger partial charge in [0.25, 0.3) is 0 Å². The second-order valence-electron chi connectivity index (χ2n) is 4.24. The predicted octanol–water partition coefficient (Wildman–Crippen LogP) is 0.464. The number of hydrogen-bond acceptors (Lipinski definition) is 3. The average molecular weight is 185 g/mol. The van der Waals surface area contributed by atoms with Gasteiger partial charge in [0, 0.05) is 13.0 Å². The third-order valence-corrected chi connectivity index (χ3v) is 1.72. The van der Waals surface area contributed by atoms with Crippen molar-refractivity contribution in [1.82, 2.24) is 5.32 Å². The minimum Gasteiger partial charge on any atom is -0.460 e. The van der Waals surface area contributed by atoms with Crippen LogP contribution < -0.4 is 5.32 Å². The molecule has 0 unspecified atom stereocenters. The number of hydrogen-bond donors (Lipinski definition) is 1. The lowest BCUT2D eigenvalue weighted by Crippen LogP contribution is -2.29. The Morgan fingerprint density at radius 1 is 1.54 bits per heavy atom. The average Bonchev–Trinajstić information content (AvgIpc) is 2.31. The fourth-order valence-electron chi connectivity index (χ4n) is 1.16. The maximum Gasteiger partial charge on any atom is 0.311 e. The minimum atomic E-state index is -0.470. The van der Waals surface area contributed by atoms with E-state index in [4.69, 9.17) is 4.74 Å². The first-order valence-corrected chi connectivity index (χ1v) is 4.38. The van der Waals surface area contributed by atoms with Crippen LogP contribution in [0.4, 0.5) is 0 Å². The maximum atomic E-state index is 11.4. The molecule has 1 N–H and O–H groups in total. The summed E-state index contributed by atoms with van der Waals surface area (Å²) >= 11 is 0. The van der Waals surface area contributed by atoms with Gasteiger partial charge in [-0.3, -0.25) is 9.59 Å². The molecule has 1 aliphatic rings. The summed E-state index contributed by atoms with van der Waals surface area (Å²) < 4.78 is 5.14. The molecular formula is C9H15NO3. The van der Waals surface area contributed by atoms with Crippen molar-refractivity contribution in [3.05, 3.63) is 0 Å². The SMILES string of the molecule is CC(C)(C)OC(=O)[C@H]1CNC(=O)C1. The zero-order valence-corrected chi connectivity index (χ0v) is 8.22. The van der Waals surface area contributed by atoms with Gasteiger partial charge in [-0.1, -0.05) is 0 Å². The van der Waals surface area contributed by atoms with E-state index in [0.717, 1.165) is 0 Å². The summed E-state index contributed by atoms with van der Waals surface area (Å²) in [6.07, 6.45) is 0.259. The third-order valence-electron chi connectivity index (χ3n) is 1.72. The van der Waals surface area contributed by atoms with Gasteiger partial charge in [0.05, 0.1) is 5.92 Å². The quantitative estimate of drug-likeness (QED) is 0.604. The molecule has 0 saturated carbocycles. The van der Waals surface area contributed by atoms with Crippen LogP contribution in [0, 0.1) is 5.92 Å². The van der Waals surface area contributed by atoms with Crippen molar-refractivity contribution >= 4 is 11.9 Å². The molecule has 0 aliphatic carbocycles. The largest absolute Gasteiger partial charge is 0.460 e. The van der Waals surface area contributed by atoms with Gasteiger partial charge in [-0.2, -0.15) is 0 Å². The van der Waals surface area contributed by atoms with E-state index in [1.54, 1.807) is 0 Å². The minimum absolute atomic E-state index is 0.0733. The molecular weight excluding hydrogens is 170 g/mol. The van der Waals surface area contributed by atoms with Crippen LogP contribution >= 0.6 is 0 Å². The molecule has 0 radical (unpaired) electrons. The molecule has 1 amide bonds. The van der Waals surface area contributed by atoms with Gasteiger partial charge in [-0.25, -0.2) is 0 Å². The van der Waals surface area contributed by atoms with Crippen LogP contribution in [0.3, 0.4) is 0 Å². The Balaban J connectivity index is 2.45. The highest BCUT2D eigenvalue weighted by Crippen LogP contribution is 2.16. The van der Waals surface area contributed by atoms with Crippen LogP contribution in [0.2, 0.25) is 0 Å². The number of amides is 1. The first-order chi connectivity index (χ1) is 5.88. The van der Waals surface area contributed by atoms with E-state index in [2.05, 4.69) is 5.32 Å².